The van der Waals surface area contributed by atoms with Gasteiger partial charge < -0.3 is 5.32 Å². The highest BCUT2D eigenvalue weighted by atomic mass is 32.2. The van der Waals surface area contributed by atoms with Gasteiger partial charge in [-0.05, 0) is 18.2 Å². The maximum absolute atomic E-state index is 11.7. The van der Waals surface area contributed by atoms with E-state index in [2.05, 4.69) is 10.3 Å². The second kappa shape index (κ2) is 4.03. The van der Waals surface area contributed by atoms with Crippen LogP contribution >= 0.6 is 11.3 Å². The van der Waals surface area contributed by atoms with Crippen molar-refractivity contribution in [2.75, 3.05) is 18.1 Å². The molecule has 2 rings (SSSR count). The molecule has 0 atom stereocenters. The zero-order chi connectivity index (χ0) is 11.8. The smallest absolute Gasteiger partial charge is 0.183 e. The number of hydrogen-bond donors (Lipinski definition) is 1. The van der Waals surface area contributed by atoms with Gasteiger partial charge in [-0.3, -0.25) is 0 Å². The third-order valence-electron chi connectivity index (χ3n) is 2.31. The van der Waals surface area contributed by atoms with Crippen molar-refractivity contribution in [2.24, 2.45) is 0 Å². The average molecular weight is 256 g/mol. The molecule has 1 N–H and O–H groups in total. The summed E-state index contributed by atoms with van der Waals surface area (Å²) in [5, 5.41) is 3.74. The normalized spacial score (nSPS) is 11.9. The van der Waals surface area contributed by atoms with Crippen LogP contribution in [-0.2, 0) is 9.84 Å². The highest BCUT2D eigenvalue weighted by Gasteiger charge is 2.13. The molecule has 0 saturated carbocycles. The summed E-state index contributed by atoms with van der Waals surface area (Å²) in [6.45, 7) is 1.64. The number of sulfone groups is 1. The maximum atomic E-state index is 11.7. The van der Waals surface area contributed by atoms with E-state index in [4.69, 9.17) is 0 Å². The molecule has 16 heavy (non-hydrogen) atoms. The molecular formula is C10H12N2O2S2. The van der Waals surface area contributed by atoms with Gasteiger partial charge in [0.2, 0.25) is 0 Å². The molecule has 1 aromatic heterocycles. The van der Waals surface area contributed by atoms with Crippen LogP contribution in [-0.4, -0.2) is 26.2 Å². The summed E-state index contributed by atoms with van der Waals surface area (Å²) >= 11 is 1.45. The largest absolute Gasteiger partial charge is 0.365 e. The number of aromatic nitrogens is 1. The Morgan fingerprint density at radius 1 is 1.44 bits per heavy atom. The molecule has 1 aromatic carbocycles. The summed E-state index contributed by atoms with van der Waals surface area (Å²) in [6, 6.07) is 5.04. The number of nitrogens with zero attached hydrogens (tertiary/aromatic N) is 1. The minimum Gasteiger partial charge on any atom is -0.365 e. The predicted octanol–water partition coefficient (Wildman–Crippen LogP) is 2.13. The first-order valence-electron chi connectivity index (χ1n) is 4.88. The van der Waals surface area contributed by atoms with Crippen molar-refractivity contribution in [3.8, 4) is 0 Å². The summed E-state index contributed by atoms with van der Waals surface area (Å²) in [4.78, 5) is 4.66. The highest BCUT2D eigenvalue weighted by Crippen LogP contribution is 2.27. The molecule has 0 amide bonds. The minimum absolute atomic E-state index is 0.121. The Morgan fingerprint density at radius 2 is 2.19 bits per heavy atom. The van der Waals surface area contributed by atoms with Crippen molar-refractivity contribution >= 4 is 36.5 Å². The monoisotopic (exact) mass is 256 g/mol. The standard InChI is InChI=1S/C10H12N2O2S2/c1-3-16(13,14)7-4-5-8-9(6-7)15-10(11-2)12-8/h4-6H,3H2,1-2H3,(H,11,12). The van der Waals surface area contributed by atoms with E-state index in [0.29, 0.717) is 4.90 Å². The Balaban J connectivity index is 2.60. The quantitative estimate of drug-likeness (QED) is 0.914. The van der Waals surface area contributed by atoms with Crippen LogP contribution < -0.4 is 5.32 Å². The van der Waals surface area contributed by atoms with Crippen molar-refractivity contribution in [3.05, 3.63) is 18.2 Å². The van der Waals surface area contributed by atoms with Gasteiger partial charge in [-0.15, -0.1) is 0 Å². The fourth-order valence-corrected chi connectivity index (χ4v) is 3.21. The van der Waals surface area contributed by atoms with Crippen LogP contribution in [0.5, 0.6) is 0 Å². The zero-order valence-corrected chi connectivity index (χ0v) is 10.7. The molecule has 0 aliphatic carbocycles. The van der Waals surface area contributed by atoms with E-state index in [-0.39, 0.29) is 5.75 Å². The number of fused-ring (bicyclic) bond motifs is 1. The third-order valence-corrected chi connectivity index (χ3v) is 5.08. The molecule has 2 aromatic rings. The Bertz CT molecular complexity index is 617. The summed E-state index contributed by atoms with van der Waals surface area (Å²) in [5.74, 6) is 0.121. The van der Waals surface area contributed by atoms with E-state index in [0.717, 1.165) is 15.3 Å². The van der Waals surface area contributed by atoms with Gasteiger partial charge in [0, 0.05) is 7.05 Å². The van der Waals surface area contributed by atoms with Crippen LogP contribution in [0.15, 0.2) is 23.1 Å². The maximum Gasteiger partial charge on any atom is 0.183 e. The molecule has 0 unspecified atom stereocenters. The minimum atomic E-state index is -3.13. The van der Waals surface area contributed by atoms with Crippen LogP contribution in [0, 0.1) is 0 Å². The molecule has 0 bridgehead atoms. The van der Waals surface area contributed by atoms with Gasteiger partial charge in [-0.2, -0.15) is 0 Å². The summed E-state index contributed by atoms with van der Waals surface area (Å²) in [7, 11) is -1.34. The molecule has 0 spiro atoms. The molecule has 1 heterocycles. The van der Waals surface area contributed by atoms with E-state index in [1.807, 2.05) is 0 Å². The molecule has 0 aliphatic heterocycles. The van der Waals surface area contributed by atoms with Crippen LogP contribution in [0.4, 0.5) is 5.13 Å². The number of rotatable bonds is 3. The van der Waals surface area contributed by atoms with E-state index in [1.54, 1.807) is 32.2 Å². The van der Waals surface area contributed by atoms with E-state index < -0.39 is 9.84 Å². The Morgan fingerprint density at radius 3 is 2.81 bits per heavy atom. The first kappa shape index (κ1) is 11.3. The molecule has 86 valence electrons. The second-order valence-corrected chi connectivity index (χ2v) is 6.61. The molecule has 0 radical (unpaired) electrons. The summed E-state index contributed by atoms with van der Waals surface area (Å²) in [6.07, 6.45) is 0. The van der Waals surface area contributed by atoms with Crippen molar-refractivity contribution in [3.63, 3.8) is 0 Å². The van der Waals surface area contributed by atoms with Crippen LogP contribution in [0.25, 0.3) is 10.2 Å². The predicted molar refractivity (Wildman–Crippen MR) is 66.9 cm³/mol. The van der Waals surface area contributed by atoms with Gasteiger partial charge in [-0.1, -0.05) is 18.3 Å². The fourth-order valence-electron chi connectivity index (χ4n) is 1.37. The lowest BCUT2D eigenvalue weighted by atomic mass is 10.3. The topological polar surface area (TPSA) is 59.1 Å². The highest BCUT2D eigenvalue weighted by molar-refractivity contribution is 7.91. The number of nitrogens with one attached hydrogen (secondary N) is 1. The average Bonchev–Trinajstić information content (AvgIpc) is 2.70. The second-order valence-electron chi connectivity index (χ2n) is 3.30. The number of thiazole rings is 1. The van der Waals surface area contributed by atoms with Gasteiger partial charge in [0.1, 0.15) is 0 Å². The molecule has 0 fully saturated rings. The van der Waals surface area contributed by atoms with Crippen molar-refractivity contribution in [2.45, 2.75) is 11.8 Å². The lowest BCUT2D eigenvalue weighted by Gasteiger charge is -1.99. The lowest BCUT2D eigenvalue weighted by Crippen LogP contribution is -2.02. The van der Waals surface area contributed by atoms with Crippen LogP contribution in [0.2, 0.25) is 0 Å². The van der Waals surface area contributed by atoms with Gasteiger partial charge in [-0.25, -0.2) is 13.4 Å². The number of benzene rings is 1. The lowest BCUT2D eigenvalue weighted by molar-refractivity contribution is 0.597. The van der Waals surface area contributed by atoms with Crippen molar-refractivity contribution < 1.29 is 8.42 Å². The Hall–Kier alpha value is -1.14. The molecule has 4 nitrogen and oxygen atoms in total. The van der Waals surface area contributed by atoms with Crippen LogP contribution in [0.1, 0.15) is 6.92 Å². The number of hydrogen-bond acceptors (Lipinski definition) is 5. The van der Waals surface area contributed by atoms with Gasteiger partial charge in [0.05, 0.1) is 20.9 Å². The fraction of sp³-hybridized carbons (Fsp3) is 0.300. The van der Waals surface area contributed by atoms with E-state index in [9.17, 15) is 8.42 Å². The van der Waals surface area contributed by atoms with Crippen LogP contribution in [0.3, 0.4) is 0 Å². The van der Waals surface area contributed by atoms with Crippen molar-refractivity contribution in [1.82, 2.24) is 4.98 Å². The Labute approximate surface area is 98.2 Å². The van der Waals surface area contributed by atoms with Gasteiger partial charge in [0.25, 0.3) is 0 Å². The van der Waals surface area contributed by atoms with Gasteiger partial charge in [0.15, 0.2) is 15.0 Å². The van der Waals surface area contributed by atoms with E-state index >= 15 is 0 Å². The summed E-state index contributed by atoms with van der Waals surface area (Å²) in [5.41, 5.74) is 0.824. The van der Waals surface area contributed by atoms with E-state index in [1.165, 1.54) is 11.3 Å². The van der Waals surface area contributed by atoms with Crippen molar-refractivity contribution in [1.29, 1.82) is 0 Å². The SMILES string of the molecule is CCS(=O)(=O)c1ccc2nc(NC)sc2c1. The third kappa shape index (κ3) is 1.90. The first-order valence-corrected chi connectivity index (χ1v) is 7.35. The number of anilines is 1. The zero-order valence-electron chi connectivity index (χ0n) is 9.02. The van der Waals surface area contributed by atoms with Gasteiger partial charge >= 0.3 is 0 Å². The molecule has 6 heteroatoms. The first-order chi connectivity index (χ1) is 7.56. The molecule has 0 aliphatic rings. The molecule has 0 saturated heterocycles. The summed E-state index contributed by atoms with van der Waals surface area (Å²) < 4.78 is 24.3. The Kier molecular flexibility index (Phi) is 2.86. The molecular weight excluding hydrogens is 244 g/mol.